The van der Waals surface area contributed by atoms with Crippen LogP contribution in [0.25, 0.3) is 0 Å². The topological polar surface area (TPSA) is 50.4 Å². The molecule has 0 bridgehead atoms. The van der Waals surface area contributed by atoms with Crippen LogP contribution in [-0.4, -0.2) is 31.2 Å². The summed E-state index contributed by atoms with van der Waals surface area (Å²) in [6.07, 6.45) is -0.101. The molecule has 4 nitrogen and oxygen atoms in total. The van der Waals surface area contributed by atoms with E-state index in [9.17, 15) is 4.79 Å². The number of rotatable bonds is 2. The molecule has 1 heterocycles. The molecule has 2 rings (SSSR count). The van der Waals surface area contributed by atoms with Crippen LogP contribution in [0.15, 0.2) is 28.7 Å². The Morgan fingerprint density at radius 3 is 3.00 bits per heavy atom. The lowest BCUT2D eigenvalue weighted by Crippen LogP contribution is -2.53. The van der Waals surface area contributed by atoms with Crippen molar-refractivity contribution in [3.63, 3.8) is 0 Å². The number of nitrogens with one attached hydrogen (secondary N) is 2. The van der Waals surface area contributed by atoms with Crippen LogP contribution in [0.5, 0.6) is 0 Å². The molecule has 1 aromatic carbocycles. The van der Waals surface area contributed by atoms with E-state index >= 15 is 0 Å². The zero-order valence-corrected chi connectivity index (χ0v) is 12.4. The molecule has 0 aliphatic carbocycles. The molecular weight excluding hydrogens is 320 g/mol. The van der Waals surface area contributed by atoms with Gasteiger partial charge in [-0.25, -0.2) is 0 Å². The number of morpholine rings is 1. The van der Waals surface area contributed by atoms with Gasteiger partial charge in [0, 0.05) is 16.7 Å². The van der Waals surface area contributed by atoms with Crippen LogP contribution in [0.3, 0.4) is 0 Å². The van der Waals surface area contributed by atoms with E-state index in [0.29, 0.717) is 13.2 Å². The summed E-state index contributed by atoms with van der Waals surface area (Å²) in [5, 5.41) is 6.03. The van der Waals surface area contributed by atoms with Crippen LogP contribution in [0.2, 0.25) is 0 Å². The number of hydrogen-bond acceptors (Lipinski definition) is 3. The van der Waals surface area contributed by atoms with Crippen molar-refractivity contribution in [2.45, 2.75) is 19.1 Å². The summed E-state index contributed by atoms with van der Waals surface area (Å²) in [6.45, 7) is 3.26. The average molecular weight is 336 g/mol. The highest BCUT2D eigenvalue weighted by Gasteiger charge is 2.28. The van der Waals surface area contributed by atoms with Crippen molar-refractivity contribution < 1.29 is 9.53 Å². The van der Waals surface area contributed by atoms with Gasteiger partial charge in [0.2, 0.25) is 5.91 Å². The lowest BCUT2D eigenvalue weighted by atomic mass is 10.1. The van der Waals surface area contributed by atoms with Gasteiger partial charge in [0.1, 0.15) is 6.04 Å². The number of anilines is 1. The van der Waals surface area contributed by atoms with Crippen LogP contribution in [0.1, 0.15) is 6.92 Å². The van der Waals surface area contributed by atoms with E-state index < -0.39 is 0 Å². The van der Waals surface area contributed by atoms with Crippen molar-refractivity contribution in [1.29, 1.82) is 0 Å². The second-order valence-corrected chi connectivity index (χ2v) is 4.92. The number of ether oxygens (including phenoxy) is 1. The Morgan fingerprint density at radius 2 is 2.33 bits per heavy atom. The molecule has 2 atom stereocenters. The standard InChI is InChI=1S/C12H15BrN2O2.ClH/c1-8-11(14-5-6-17-8)12(16)15-10-4-2-3-9(13)7-10;/h2-4,7-8,11,14H,5-6H2,1H3,(H,15,16);1H/t8-,11+;/m1./s1. The fraction of sp³-hybridized carbons (Fsp3) is 0.417. The van der Waals surface area contributed by atoms with E-state index in [-0.39, 0.29) is 30.5 Å². The van der Waals surface area contributed by atoms with Gasteiger partial charge in [0.05, 0.1) is 12.7 Å². The highest BCUT2D eigenvalue weighted by atomic mass is 79.9. The van der Waals surface area contributed by atoms with E-state index in [1.165, 1.54) is 0 Å². The van der Waals surface area contributed by atoms with Gasteiger partial charge in [0.25, 0.3) is 0 Å². The first kappa shape index (κ1) is 15.4. The predicted molar refractivity (Wildman–Crippen MR) is 77.2 cm³/mol. The molecule has 0 saturated carbocycles. The smallest absolute Gasteiger partial charge is 0.244 e. The van der Waals surface area contributed by atoms with Crippen molar-refractivity contribution in [3.8, 4) is 0 Å². The van der Waals surface area contributed by atoms with Crippen LogP contribution in [0, 0.1) is 0 Å². The van der Waals surface area contributed by atoms with E-state index in [0.717, 1.165) is 10.2 Å². The van der Waals surface area contributed by atoms with Gasteiger partial charge in [-0.05, 0) is 25.1 Å². The minimum Gasteiger partial charge on any atom is -0.375 e. The third-order valence-corrected chi connectivity index (χ3v) is 3.18. The Bertz CT molecular complexity index is 417. The molecule has 1 fully saturated rings. The summed E-state index contributed by atoms with van der Waals surface area (Å²) in [4.78, 5) is 12.0. The van der Waals surface area contributed by atoms with E-state index in [1.54, 1.807) is 0 Å². The van der Waals surface area contributed by atoms with Crippen LogP contribution < -0.4 is 10.6 Å². The molecule has 0 spiro atoms. The molecule has 0 unspecified atom stereocenters. The lowest BCUT2D eigenvalue weighted by molar-refractivity contribution is -0.123. The monoisotopic (exact) mass is 334 g/mol. The Balaban J connectivity index is 0.00000162. The second-order valence-electron chi connectivity index (χ2n) is 4.01. The molecule has 6 heteroatoms. The van der Waals surface area contributed by atoms with Crippen LogP contribution >= 0.6 is 28.3 Å². The number of carbonyl (C=O) groups excluding carboxylic acids is 1. The molecule has 0 radical (unpaired) electrons. The summed E-state index contributed by atoms with van der Waals surface area (Å²) >= 11 is 3.37. The van der Waals surface area contributed by atoms with Gasteiger partial charge in [-0.2, -0.15) is 0 Å². The first-order valence-corrected chi connectivity index (χ1v) is 6.37. The van der Waals surface area contributed by atoms with Gasteiger partial charge < -0.3 is 15.4 Å². The molecule has 1 aliphatic heterocycles. The molecule has 1 saturated heterocycles. The molecule has 1 aromatic rings. The van der Waals surface area contributed by atoms with Gasteiger partial charge in [0.15, 0.2) is 0 Å². The normalized spacial score (nSPS) is 23.0. The summed E-state index contributed by atoms with van der Waals surface area (Å²) in [5.41, 5.74) is 0.781. The van der Waals surface area contributed by atoms with E-state index in [4.69, 9.17) is 4.74 Å². The number of hydrogen-bond donors (Lipinski definition) is 2. The van der Waals surface area contributed by atoms with E-state index in [1.807, 2.05) is 31.2 Å². The number of carbonyl (C=O) groups is 1. The van der Waals surface area contributed by atoms with Crippen molar-refractivity contribution in [3.05, 3.63) is 28.7 Å². The maximum absolute atomic E-state index is 12.0. The highest BCUT2D eigenvalue weighted by Crippen LogP contribution is 2.16. The molecule has 1 aliphatic rings. The number of amides is 1. The first-order chi connectivity index (χ1) is 8.16. The van der Waals surface area contributed by atoms with Gasteiger partial charge in [-0.3, -0.25) is 4.79 Å². The Kier molecular flexibility index (Phi) is 6.08. The largest absolute Gasteiger partial charge is 0.375 e. The van der Waals surface area contributed by atoms with E-state index in [2.05, 4.69) is 26.6 Å². The summed E-state index contributed by atoms with van der Waals surface area (Å²) in [7, 11) is 0. The van der Waals surface area contributed by atoms with Crippen molar-refractivity contribution in [2.24, 2.45) is 0 Å². The zero-order valence-electron chi connectivity index (χ0n) is 9.98. The fourth-order valence-corrected chi connectivity index (χ4v) is 2.21. The quantitative estimate of drug-likeness (QED) is 0.871. The average Bonchev–Trinajstić information content (AvgIpc) is 2.29. The lowest BCUT2D eigenvalue weighted by Gasteiger charge is -2.29. The third-order valence-electron chi connectivity index (χ3n) is 2.69. The molecule has 100 valence electrons. The summed E-state index contributed by atoms with van der Waals surface area (Å²) < 4.78 is 6.38. The number of benzene rings is 1. The summed E-state index contributed by atoms with van der Waals surface area (Å²) in [6, 6.07) is 7.24. The van der Waals surface area contributed by atoms with Gasteiger partial charge in [-0.1, -0.05) is 22.0 Å². The summed E-state index contributed by atoms with van der Waals surface area (Å²) in [5.74, 6) is -0.0599. The molecule has 0 aromatic heterocycles. The first-order valence-electron chi connectivity index (χ1n) is 5.58. The van der Waals surface area contributed by atoms with Crippen molar-refractivity contribution in [1.82, 2.24) is 5.32 Å². The molecular formula is C12H16BrClN2O2. The van der Waals surface area contributed by atoms with Gasteiger partial charge >= 0.3 is 0 Å². The third kappa shape index (κ3) is 3.95. The zero-order chi connectivity index (χ0) is 12.3. The highest BCUT2D eigenvalue weighted by molar-refractivity contribution is 9.10. The molecule has 2 N–H and O–H groups in total. The second kappa shape index (κ2) is 7.09. The SMILES string of the molecule is C[C@H]1OCCN[C@@H]1C(=O)Nc1cccc(Br)c1.Cl. The number of halogens is 2. The minimum absolute atomic E-state index is 0. The Labute approximate surface area is 121 Å². The van der Waals surface area contributed by atoms with Gasteiger partial charge in [-0.15, -0.1) is 12.4 Å². The molecule has 18 heavy (non-hydrogen) atoms. The predicted octanol–water partition coefficient (Wildman–Crippen LogP) is 2.19. The maximum Gasteiger partial charge on any atom is 0.244 e. The van der Waals surface area contributed by atoms with Crippen LogP contribution in [0.4, 0.5) is 5.69 Å². The fourth-order valence-electron chi connectivity index (χ4n) is 1.81. The Hall–Kier alpha value is -0.620. The van der Waals surface area contributed by atoms with Crippen LogP contribution in [-0.2, 0) is 9.53 Å². The van der Waals surface area contributed by atoms with Crippen molar-refractivity contribution >= 4 is 39.9 Å². The Morgan fingerprint density at radius 1 is 1.56 bits per heavy atom. The minimum atomic E-state index is -0.289. The molecule has 1 amide bonds. The maximum atomic E-state index is 12.0. The van der Waals surface area contributed by atoms with Crippen molar-refractivity contribution in [2.75, 3.05) is 18.5 Å².